The van der Waals surface area contributed by atoms with Crippen molar-refractivity contribution in [1.29, 1.82) is 0 Å². The summed E-state index contributed by atoms with van der Waals surface area (Å²) in [5.41, 5.74) is 3.38. The van der Waals surface area contributed by atoms with Crippen molar-refractivity contribution in [2.45, 2.75) is 27.4 Å². The van der Waals surface area contributed by atoms with Crippen LogP contribution in [-0.4, -0.2) is 38.0 Å². The highest BCUT2D eigenvalue weighted by molar-refractivity contribution is 5.96. The Balaban J connectivity index is 0.000000179. The van der Waals surface area contributed by atoms with Crippen LogP contribution in [-0.2, 0) is 11.3 Å². The number of aryl methyl sites for hydroxylation is 2. The molecule has 0 fully saturated rings. The van der Waals surface area contributed by atoms with Gasteiger partial charge in [-0.05, 0) is 45.0 Å². The van der Waals surface area contributed by atoms with Crippen LogP contribution in [0.5, 0.6) is 0 Å². The molecule has 0 aliphatic rings. The summed E-state index contributed by atoms with van der Waals surface area (Å²) in [5, 5.41) is 16.8. The van der Waals surface area contributed by atoms with E-state index in [0.29, 0.717) is 52.0 Å². The van der Waals surface area contributed by atoms with Crippen molar-refractivity contribution in [2.24, 2.45) is 0 Å². The topological polar surface area (TPSA) is 124 Å². The van der Waals surface area contributed by atoms with Gasteiger partial charge in [-0.3, -0.25) is 9.97 Å². The lowest BCUT2D eigenvalue weighted by molar-refractivity contribution is 0.0525. The van der Waals surface area contributed by atoms with Crippen molar-refractivity contribution in [1.82, 2.24) is 20.3 Å². The molecule has 0 aliphatic heterocycles. The predicted molar refractivity (Wildman–Crippen MR) is 111 cm³/mol. The molecule has 160 valence electrons. The van der Waals surface area contributed by atoms with Crippen LogP contribution in [0.15, 0.2) is 57.8 Å². The van der Waals surface area contributed by atoms with Crippen LogP contribution >= 0.6 is 0 Å². The molecule has 4 rings (SSSR count). The largest absolute Gasteiger partial charge is 0.462 e. The van der Waals surface area contributed by atoms with E-state index in [1.165, 1.54) is 0 Å². The summed E-state index contributed by atoms with van der Waals surface area (Å²) in [7, 11) is 0. The van der Waals surface area contributed by atoms with E-state index in [4.69, 9.17) is 18.9 Å². The number of nitrogens with zero attached hydrogens (tertiary/aromatic N) is 4. The van der Waals surface area contributed by atoms with Crippen molar-refractivity contribution < 1.29 is 23.7 Å². The van der Waals surface area contributed by atoms with E-state index in [2.05, 4.69) is 20.3 Å². The van der Waals surface area contributed by atoms with Crippen molar-refractivity contribution in [2.75, 3.05) is 6.61 Å². The first-order chi connectivity index (χ1) is 15.1. The normalized spacial score (nSPS) is 10.3. The van der Waals surface area contributed by atoms with E-state index >= 15 is 0 Å². The molecule has 0 atom stereocenters. The number of aliphatic hydroxyl groups is 1. The molecule has 0 aromatic carbocycles. The molecule has 0 aliphatic carbocycles. The molecule has 1 N–H and O–H groups in total. The van der Waals surface area contributed by atoms with Crippen LogP contribution in [0.25, 0.3) is 22.8 Å². The molecule has 9 heteroatoms. The van der Waals surface area contributed by atoms with Gasteiger partial charge in [0, 0.05) is 18.0 Å². The van der Waals surface area contributed by atoms with Crippen molar-refractivity contribution in [3.63, 3.8) is 0 Å². The molecule has 0 radical (unpaired) electrons. The van der Waals surface area contributed by atoms with Crippen LogP contribution in [0.3, 0.4) is 0 Å². The minimum absolute atomic E-state index is 0.0821. The zero-order valence-electron chi connectivity index (χ0n) is 17.4. The average molecular weight is 422 g/mol. The molecular formula is C22H22N4O5. The van der Waals surface area contributed by atoms with E-state index < -0.39 is 5.97 Å². The van der Waals surface area contributed by atoms with Crippen LogP contribution in [0.2, 0.25) is 0 Å². The zero-order valence-corrected chi connectivity index (χ0v) is 17.4. The smallest absolute Gasteiger partial charge is 0.344 e. The van der Waals surface area contributed by atoms with Gasteiger partial charge in [0.05, 0.1) is 24.6 Å². The van der Waals surface area contributed by atoms with Gasteiger partial charge in [-0.1, -0.05) is 22.4 Å². The fraction of sp³-hybridized carbons (Fsp3) is 0.227. The Hall–Kier alpha value is -3.85. The zero-order chi connectivity index (χ0) is 22.2. The molecule has 31 heavy (non-hydrogen) atoms. The molecular weight excluding hydrogens is 400 g/mol. The Bertz CT molecular complexity index is 1120. The maximum Gasteiger partial charge on any atom is 0.344 e. The molecule has 4 aromatic heterocycles. The average Bonchev–Trinajstić information content (AvgIpc) is 3.37. The minimum Gasteiger partial charge on any atom is -0.462 e. The van der Waals surface area contributed by atoms with Gasteiger partial charge in [-0.2, -0.15) is 0 Å². The number of ether oxygens (including phenoxy) is 1. The highest BCUT2D eigenvalue weighted by Crippen LogP contribution is 2.24. The third-order valence-electron chi connectivity index (χ3n) is 4.30. The molecule has 9 nitrogen and oxygen atoms in total. The van der Waals surface area contributed by atoms with Crippen LogP contribution in [0.1, 0.15) is 34.4 Å². The van der Waals surface area contributed by atoms with E-state index in [0.717, 1.165) is 0 Å². The molecule has 0 bridgehead atoms. The summed E-state index contributed by atoms with van der Waals surface area (Å²) >= 11 is 0. The van der Waals surface area contributed by atoms with Crippen molar-refractivity contribution >= 4 is 5.97 Å². The number of hydrogen-bond donors (Lipinski definition) is 1. The number of aromatic nitrogens is 4. The first kappa shape index (κ1) is 21.8. The number of carbonyl (C=O) groups is 1. The summed E-state index contributed by atoms with van der Waals surface area (Å²) in [5.74, 6) is 0.629. The van der Waals surface area contributed by atoms with Crippen LogP contribution < -0.4 is 0 Å². The number of rotatable bonds is 5. The van der Waals surface area contributed by atoms with Crippen molar-refractivity contribution in [3.8, 4) is 22.8 Å². The van der Waals surface area contributed by atoms with Crippen LogP contribution in [0, 0.1) is 13.8 Å². The molecule has 0 unspecified atom stereocenters. The SMILES string of the molecule is CCOC(=O)c1c(-c2ccccn2)noc1C.Cc1onc(-c2ccccn2)c1CO. The Kier molecular flexibility index (Phi) is 7.23. The van der Waals surface area contributed by atoms with Gasteiger partial charge in [0.2, 0.25) is 0 Å². The Morgan fingerprint density at radius 3 is 2.06 bits per heavy atom. The summed E-state index contributed by atoms with van der Waals surface area (Å²) in [6.45, 7) is 5.42. The number of esters is 1. The lowest BCUT2D eigenvalue weighted by Gasteiger charge is -2.01. The van der Waals surface area contributed by atoms with E-state index in [9.17, 15) is 4.79 Å². The molecule has 0 saturated heterocycles. The summed E-state index contributed by atoms with van der Waals surface area (Å²) < 4.78 is 15.0. The maximum absolute atomic E-state index is 11.8. The molecule has 4 heterocycles. The molecule has 4 aromatic rings. The first-order valence-electron chi connectivity index (χ1n) is 9.59. The number of aliphatic hydroxyl groups excluding tert-OH is 1. The summed E-state index contributed by atoms with van der Waals surface area (Å²) in [4.78, 5) is 20.0. The fourth-order valence-electron chi connectivity index (χ4n) is 2.77. The Morgan fingerprint density at radius 1 is 0.935 bits per heavy atom. The summed E-state index contributed by atoms with van der Waals surface area (Å²) in [6, 6.07) is 10.9. The highest BCUT2D eigenvalue weighted by atomic mass is 16.5. The molecule has 0 saturated carbocycles. The van der Waals surface area contributed by atoms with E-state index in [1.807, 2.05) is 24.3 Å². The van der Waals surface area contributed by atoms with Gasteiger partial charge < -0.3 is 18.9 Å². The highest BCUT2D eigenvalue weighted by Gasteiger charge is 2.23. The third-order valence-corrected chi connectivity index (χ3v) is 4.30. The van der Waals surface area contributed by atoms with Gasteiger partial charge in [0.1, 0.15) is 28.5 Å². The number of hydrogen-bond acceptors (Lipinski definition) is 9. The Labute approximate surface area is 178 Å². The van der Waals surface area contributed by atoms with Crippen LogP contribution in [0.4, 0.5) is 0 Å². The number of pyridine rings is 2. The second kappa shape index (κ2) is 10.3. The van der Waals surface area contributed by atoms with Gasteiger partial charge in [0.25, 0.3) is 0 Å². The quantitative estimate of drug-likeness (QED) is 0.479. The van der Waals surface area contributed by atoms with Gasteiger partial charge in [0.15, 0.2) is 0 Å². The monoisotopic (exact) mass is 422 g/mol. The number of carbonyl (C=O) groups excluding carboxylic acids is 1. The van der Waals surface area contributed by atoms with Gasteiger partial charge in [-0.25, -0.2) is 4.79 Å². The fourth-order valence-corrected chi connectivity index (χ4v) is 2.77. The third kappa shape index (κ3) is 5.01. The summed E-state index contributed by atoms with van der Waals surface area (Å²) in [6.07, 6.45) is 3.31. The lowest BCUT2D eigenvalue weighted by atomic mass is 10.1. The Morgan fingerprint density at radius 2 is 1.52 bits per heavy atom. The standard InChI is InChI=1S/C12H12N2O3.C10H10N2O2/c1-3-16-12(15)10-8(2)17-14-11(10)9-6-4-5-7-13-9;1-7-8(6-13)10(12-14-7)9-4-2-3-5-11-9/h4-7H,3H2,1-2H3;2-5,13H,6H2,1H3. The lowest BCUT2D eigenvalue weighted by Crippen LogP contribution is -2.06. The second-order valence-corrected chi connectivity index (χ2v) is 6.34. The van der Waals surface area contributed by atoms with Crippen molar-refractivity contribution in [3.05, 3.63) is 71.4 Å². The second-order valence-electron chi connectivity index (χ2n) is 6.34. The molecule has 0 amide bonds. The molecule has 0 spiro atoms. The minimum atomic E-state index is -0.438. The van der Waals surface area contributed by atoms with Gasteiger partial charge >= 0.3 is 5.97 Å². The first-order valence-corrected chi connectivity index (χ1v) is 9.59. The van der Waals surface area contributed by atoms with E-state index in [1.54, 1.807) is 45.3 Å². The van der Waals surface area contributed by atoms with Gasteiger partial charge in [-0.15, -0.1) is 0 Å². The predicted octanol–water partition coefficient (Wildman–Crippen LogP) is 3.76. The van der Waals surface area contributed by atoms with E-state index in [-0.39, 0.29) is 6.61 Å². The maximum atomic E-state index is 11.8.